The van der Waals surface area contributed by atoms with Crippen LogP contribution in [0.2, 0.25) is 0 Å². The van der Waals surface area contributed by atoms with Crippen LogP contribution in [0.25, 0.3) is 0 Å². The monoisotopic (exact) mass is 255 g/mol. The average Bonchev–Trinajstić information content (AvgIpc) is 2.63. The third-order valence-electron chi connectivity index (χ3n) is 1.84. The normalized spacial score (nSPS) is 11.4. The van der Waals surface area contributed by atoms with E-state index in [0.29, 0.717) is 5.82 Å². The van der Waals surface area contributed by atoms with Gasteiger partial charge < -0.3 is 10.3 Å². The van der Waals surface area contributed by atoms with Crippen molar-refractivity contribution < 1.29 is 12.9 Å². The van der Waals surface area contributed by atoms with Gasteiger partial charge in [0.05, 0.1) is 0 Å². The fraction of sp³-hybridized carbons (Fsp3) is 0.125. The van der Waals surface area contributed by atoms with Crippen molar-refractivity contribution in [2.24, 2.45) is 0 Å². The number of rotatable bonds is 3. The smallest absolute Gasteiger partial charge is 0.335 e. The maximum Gasteiger partial charge on any atom is 0.335 e. The van der Waals surface area contributed by atoms with Crippen LogP contribution >= 0.6 is 0 Å². The number of anilines is 2. The Labute approximate surface area is 96.9 Å². The Kier molecular flexibility index (Phi) is 2.68. The van der Waals surface area contributed by atoms with Crippen molar-refractivity contribution in [1.29, 1.82) is 0 Å². The van der Waals surface area contributed by atoms with Crippen molar-refractivity contribution in [3.63, 3.8) is 0 Å². The molecule has 0 bridgehead atoms. The van der Waals surface area contributed by atoms with Gasteiger partial charge in [0.2, 0.25) is 0 Å². The van der Waals surface area contributed by atoms with E-state index in [9.17, 15) is 8.42 Å². The molecule has 0 aromatic carbocycles. The predicted molar refractivity (Wildman–Crippen MR) is 58.5 cm³/mol. The fourth-order valence-electron chi connectivity index (χ4n) is 1.14. The van der Waals surface area contributed by atoms with Gasteiger partial charge in [0.1, 0.15) is 10.7 Å². The SMILES string of the molecule is Cc1noc(NS(=O)(=O)c2cccnc2N)n1. The van der Waals surface area contributed by atoms with Crippen molar-refractivity contribution in [1.82, 2.24) is 15.1 Å². The number of nitrogens with zero attached hydrogens (tertiary/aromatic N) is 3. The van der Waals surface area contributed by atoms with Crippen LogP contribution in [0.5, 0.6) is 0 Å². The van der Waals surface area contributed by atoms with Gasteiger partial charge in [0.15, 0.2) is 5.82 Å². The molecule has 0 radical (unpaired) electrons. The Morgan fingerprint density at radius 2 is 2.24 bits per heavy atom. The van der Waals surface area contributed by atoms with E-state index in [1.165, 1.54) is 18.3 Å². The molecule has 0 unspecified atom stereocenters. The Morgan fingerprint density at radius 3 is 2.82 bits per heavy atom. The van der Waals surface area contributed by atoms with Gasteiger partial charge in [-0.1, -0.05) is 5.16 Å². The largest absolute Gasteiger partial charge is 0.383 e. The van der Waals surface area contributed by atoms with Crippen molar-refractivity contribution in [2.45, 2.75) is 11.8 Å². The van der Waals surface area contributed by atoms with E-state index in [2.05, 4.69) is 24.4 Å². The number of nitrogen functional groups attached to an aromatic ring is 1. The van der Waals surface area contributed by atoms with Crippen LogP contribution < -0.4 is 10.5 Å². The maximum atomic E-state index is 11.9. The van der Waals surface area contributed by atoms with Crippen LogP contribution in [0.1, 0.15) is 5.82 Å². The second kappa shape index (κ2) is 4.01. The highest BCUT2D eigenvalue weighted by Gasteiger charge is 2.20. The number of aryl methyl sites for hydroxylation is 1. The summed E-state index contributed by atoms with van der Waals surface area (Å²) in [5, 5.41) is 3.46. The zero-order valence-corrected chi connectivity index (χ0v) is 9.60. The predicted octanol–water partition coefficient (Wildman–Crippen LogP) is 0.156. The quantitative estimate of drug-likeness (QED) is 0.800. The zero-order valence-electron chi connectivity index (χ0n) is 8.78. The summed E-state index contributed by atoms with van der Waals surface area (Å²) in [6.07, 6.45) is 1.39. The van der Waals surface area contributed by atoms with Crippen LogP contribution in [0.4, 0.5) is 11.8 Å². The summed E-state index contributed by atoms with van der Waals surface area (Å²) in [5.41, 5.74) is 5.47. The lowest BCUT2D eigenvalue weighted by Gasteiger charge is -2.05. The highest BCUT2D eigenvalue weighted by Crippen LogP contribution is 2.18. The lowest BCUT2D eigenvalue weighted by atomic mass is 10.5. The molecule has 0 aliphatic carbocycles. The summed E-state index contributed by atoms with van der Waals surface area (Å²) in [6.45, 7) is 1.57. The molecular formula is C8H9N5O3S. The van der Waals surface area contributed by atoms with Crippen LogP contribution in [0, 0.1) is 6.92 Å². The average molecular weight is 255 g/mol. The summed E-state index contributed by atoms with van der Waals surface area (Å²) in [6, 6.07) is 2.57. The molecule has 3 N–H and O–H groups in total. The van der Waals surface area contributed by atoms with Crippen molar-refractivity contribution in [3.05, 3.63) is 24.2 Å². The van der Waals surface area contributed by atoms with Crippen LogP contribution in [-0.2, 0) is 10.0 Å². The molecule has 17 heavy (non-hydrogen) atoms. The molecule has 0 spiro atoms. The molecule has 2 aromatic rings. The number of hydrogen-bond donors (Lipinski definition) is 2. The Balaban J connectivity index is 2.35. The molecule has 90 valence electrons. The van der Waals surface area contributed by atoms with Crippen molar-refractivity contribution in [3.8, 4) is 0 Å². The number of nitrogens with two attached hydrogens (primary N) is 1. The highest BCUT2D eigenvalue weighted by molar-refractivity contribution is 7.92. The first-order chi connectivity index (χ1) is 7.99. The first kappa shape index (κ1) is 11.3. The molecule has 0 aliphatic heterocycles. The molecule has 2 aromatic heterocycles. The number of hydrogen-bond acceptors (Lipinski definition) is 7. The minimum atomic E-state index is -3.86. The maximum absolute atomic E-state index is 11.9. The molecule has 0 aliphatic rings. The van der Waals surface area contributed by atoms with Gasteiger partial charge in [0.25, 0.3) is 10.0 Å². The van der Waals surface area contributed by atoms with E-state index >= 15 is 0 Å². The topological polar surface area (TPSA) is 124 Å². The third kappa shape index (κ3) is 2.33. The van der Waals surface area contributed by atoms with Crippen LogP contribution in [0.15, 0.2) is 27.7 Å². The standard InChI is InChI=1S/C8H9N5O3S/c1-5-11-8(16-12-5)13-17(14,15)6-3-2-4-10-7(6)9/h2-4H,1H3,(H2,9,10)(H,11,12,13). The number of sulfonamides is 1. The van der Waals surface area contributed by atoms with Gasteiger partial charge in [-0.3, -0.25) is 0 Å². The van der Waals surface area contributed by atoms with Gasteiger partial charge >= 0.3 is 6.01 Å². The molecule has 0 atom stereocenters. The minimum Gasteiger partial charge on any atom is -0.383 e. The second-order valence-electron chi connectivity index (χ2n) is 3.14. The molecule has 2 rings (SSSR count). The molecule has 0 saturated carbocycles. The Morgan fingerprint density at radius 1 is 1.47 bits per heavy atom. The van der Waals surface area contributed by atoms with Crippen molar-refractivity contribution >= 4 is 21.9 Å². The number of aromatic nitrogens is 3. The van der Waals surface area contributed by atoms with E-state index in [1.807, 2.05) is 0 Å². The van der Waals surface area contributed by atoms with E-state index < -0.39 is 10.0 Å². The van der Waals surface area contributed by atoms with Gasteiger partial charge in [-0.15, -0.1) is 0 Å². The number of nitrogens with one attached hydrogen (secondary N) is 1. The summed E-state index contributed by atoms with van der Waals surface area (Å²) in [4.78, 5) is 7.26. The minimum absolute atomic E-state index is 0.101. The lowest BCUT2D eigenvalue weighted by molar-refractivity contribution is 0.429. The number of pyridine rings is 1. The Bertz CT molecular complexity index is 636. The van der Waals surface area contributed by atoms with Gasteiger partial charge in [-0.05, 0) is 19.1 Å². The van der Waals surface area contributed by atoms with Gasteiger partial charge in [0, 0.05) is 6.20 Å². The van der Waals surface area contributed by atoms with E-state index in [0.717, 1.165) is 0 Å². The van der Waals surface area contributed by atoms with Crippen molar-refractivity contribution in [2.75, 3.05) is 10.5 Å². The molecule has 2 heterocycles. The zero-order chi connectivity index (χ0) is 12.5. The molecule has 0 amide bonds. The van der Waals surface area contributed by atoms with Gasteiger partial charge in [-0.2, -0.15) is 4.98 Å². The molecule has 0 fully saturated rings. The molecular weight excluding hydrogens is 246 g/mol. The van der Waals surface area contributed by atoms with Gasteiger partial charge in [-0.25, -0.2) is 18.1 Å². The summed E-state index contributed by atoms with van der Waals surface area (Å²) < 4.78 is 30.5. The third-order valence-corrected chi connectivity index (χ3v) is 3.21. The highest BCUT2D eigenvalue weighted by atomic mass is 32.2. The van der Waals surface area contributed by atoms with E-state index in [1.54, 1.807) is 6.92 Å². The fourth-order valence-corrected chi connectivity index (χ4v) is 2.15. The summed E-state index contributed by atoms with van der Waals surface area (Å²) >= 11 is 0. The van der Waals surface area contributed by atoms with E-state index in [-0.39, 0.29) is 16.7 Å². The summed E-state index contributed by atoms with van der Waals surface area (Å²) in [7, 11) is -3.86. The van der Waals surface area contributed by atoms with Crippen LogP contribution in [0.3, 0.4) is 0 Å². The molecule has 8 nitrogen and oxygen atoms in total. The molecule has 9 heteroatoms. The van der Waals surface area contributed by atoms with Crippen LogP contribution in [-0.4, -0.2) is 23.5 Å². The summed E-state index contributed by atoms with van der Waals surface area (Å²) in [5.74, 6) is 0.220. The first-order valence-electron chi connectivity index (χ1n) is 4.52. The Hall–Kier alpha value is -2.16. The first-order valence-corrected chi connectivity index (χ1v) is 6.01. The van der Waals surface area contributed by atoms with E-state index in [4.69, 9.17) is 5.73 Å². The molecule has 0 saturated heterocycles. The lowest BCUT2D eigenvalue weighted by Crippen LogP contribution is -2.15. The second-order valence-corrected chi connectivity index (χ2v) is 4.79.